The summed E-state index contributed by atoms with van der Waals surface area (Å²) < 4.78 is 2.02. The molecule has 17 heavy (non-hydrogen) atoms. The van der Waals surface area contributed by atoms with Gasteiger partial charge in [0.05, 0.1) is 5.75 Å². The number of aliphatic carboxylic acids is 1. The number of carboxylic acids is 1. The molecule has 0 saturated heterocycles. The Balaban J connectivity index is 2.32. The maximum Gasteiger partial charge on any atom is 0.313 e. The van der Waals surface area contributed by atoms with Crippen LogP contribution in [0, 0.1) is 0 Å². The summed E-state index contributed by atoms with van der Waals surface area (Å²) in [5, 5.41) is 9.40. The number of nitrogens with zero attached hydrogens (tertiary/aromatic N) is 3. The Hall–Kier alpha value is -1.01. The Morgan fingerprint density at radius 2 is 2.29 bits per heavy atom. The van der Waals surface area contributed by atoms with Gasteiger partial charge in [-0.25, -0.2) is 4.98 Å². The summed E-state index contributed by atoms with van der Waals surface area (Å²) in [6, 6.07) is 0. The van der Waals surface area contributed by atoms with E-state index in [-0.39, 0.29) is 5.75 Å². The second-order valence-electron chi connectivity index (χ2n) is 4.10. The number of unbranched alkanes of at least 4 members (excludes halogenated alkanes) is 1. The van der Waals surface area contributed by atoms with Gasteiger partial charge >= 0.3 is 5.97 Å². The minimum absolute atomic E-state index is 0.0642. The van der Waals surface area contributed by atoms with E-state index in [1.807, 2.05) is 10.8 Å². The summed E-state index contributed by atoms with van der Waals surface area (Å²) in [5.74, 6) is -0.744. The molecule has 96 valence electrons. The summed E-state index contributed by atoms with van der Waals surface area (Å²) in [6.07, 6.45) is 5.83. The zero-order chi connectivity index (χ0) is 12.7. The summed E-state index contributed by atoms with van der Waals surface area (Å²) in [6.45, 7) is 1.97. The second kappa shape index (κ2) is 7.34. The number of carbonyl (C=O) groups is 1. The molecule has 0 bridgehead atoms. The molecule has 0 fully saturated rings. The lowest BCUT2D eigenvalue weighted by Crippen LogP contribution is -2.13. The number of thioether (sulfide) groups is 1. The highest BCUT2D eigenvalue weighted by molar-refractivity contribution is 7.99. The van der Waals surface area contributed by atoms with Gasteiger partial charge in [-0.1, -0.05) is 11.8 Å². The van der Waals surface area contributed by atoms with Gasteiger partial charge in [0, 0.05) is 18.9 Å². The van der Waals surface area contributed by atoms with Crippen LogP contribution in [0.5, 0.6) is 0 Å². The fourth-order valence-electron chi connectivity index (χ4n) is 1.44. The Morgan fingerprint density at radius 3 is 2.94 bits per heavy atom. The molecule has 1 rings (SSSR count). The number of aryl methyl sites for hydroxylation is 1. The van der Waals surface area contributed by atoms with E-state index < -0.39 is 5.97 Å². The smallest absolute Gasteiger partial charge is 0.313 e. The van der Waals surface area contributed by atoms with E-state index >= 15 is 0 Å². The Kier molecular flexibility index (Phi) is 6.07. The SMILES string of the molecule is CN(C)CCCCn1ccnc1SCC(=O)O. The third-order valence-corrected chi connectivity index (χ3v) is 3.25. The van der Waals surface area contributed by atoms with E-state index in [4.69, 9.17) is 5.11 Å². The molecule has 0 aromatic carbocycles. The van der Waals surface area contributed by atoms with Crippen molar-refractivity contribution in [3.05, 3.63) is 12.4 Å². The fourth-order valence-corrected chi connectivity index (χ4v) is 2.15. The monoisotopic (exact) mass is 257 g/mol. The van der Waals surface area contributed by atoms with Crippen molar-refractivity contribution < 1.29 is 9.90 Å². The maximum atomic E-state index is 10.5. The van der Waals surface area contributed by atoms with Crippen molar-refractivity contribution in [1.29, 1.82) is 0 Å². The molecule has 0 aliphatic carbocycles. The average Bonchev–Trinajstić information content (AvgIpc) is 2.68. The lowest BCUT2D eigenvalue weighted by atomic mass is 10.3. The van der Waals surface area contributed by atoms with E-state index in [0.29, 0.717) is 0 Å². The second-order valence-corrected chi connectivity index (χ2v) is 5.04. The molecule has 0 radical (unpaired) electrons. The van der Waals surface area contributed by atoms with Crippen molar-refractivity contribution >= 4 is 17.7 Å². The van der Waals surface area contributed by atoms with Gasteiger partial charge in [0.1, 0.15) is 0 Å². The largest absolute Gasteiger partial charge is 0.481 e. The van der Waals surface area contributed by atoms with Crippen LogP contribution in [0.2, 0.25) is 0 Å². The summed E-state index contributed by atoms with van der Waals surface area (Å²) >= 11 is 1.27. The van der Waals surface area contributed by atoms with Crippen molar-refractivity contribution in [2.45, 2.75) is 24.5 Å². The first-order valence-corrected chi connectivity index (χ1v) is 6.58. The van der Waals surface area contributed by atoms with Crippen LogP contribution in [0.15, 0.2) is 17.6 Å². The molecular weight excluding hydrogens is 238 g/mol. The van der Waals surface area contributed by atoms with Crippen LogP contribution in [-0.4, -0.2) is 51.9 Å². The molecule has 0 aliphatic heterocycles. The van der Waals surface area contributed by atoms with Crippen molar-refractivity contribution in [1.82, 2.24) is 14.5 Å². The number of hydrogen-bond donors (Lipinski definition) is 1. The van der Waals surface area contributed by atoms with Crippen molar-refractivity contribution in [3.63, 3.8) is 0 Å². The van der Waals surface area contributed by atoms with Crippen LogP contribution in [0.4, 0.5) is 0 Å². The molecule has 0 spiro atoms. The molecule has 6 heteroatoms. The molecule has 0 atom stereocenters. The third kappa shape index (κ3) is 5.74. The standard InChI is InChI=1S/C11H19N3O2S/c1-13(2)6-3-4-7-14-8-5-12-11(14)17-9-10(15)16/h5,8H,3-4,6-7,9H2,1-2H3,(H,15,16). The number of aromatic nitrogens is 2. The predicted octanol–water partition coefficient (Wildman–Crippen LogP) is 1.40. The van der Waals surface area contributed by atoms with Gasteiger partial charge in [0.15, 0.2) is 5.16 Å². The van der Waals surface area contributed by atoms with Gasteiger partial charge < -0.3 is 14.6 Å². The zero-order valence-corrected chi connectivity index (χ0v) is 11.1. The van der Waals surface area contributed by atoms with Gasteiger partial charge in [0.25, 0.3) is 0 Å². The van der Waals surface area contributed by atoms with E-state index in [2.05, 4.69) is 24.0 Å². The van der Waals surface area contributed by atoms with Crippen LogP contribution in [0.1, 0.15) is 12.8 Å². The van der Waals surface area contributed by atoms with Crippen molar-refractivity contribution in [3.8, 4) is 0 Å². The van der Waals surface area contributed by atoms with E-state index in [1.165, 1.54) is 11.8 Å². The molecule has 0 amide bonds. The first kappa shape index (κ1) is 14.1. The van der Waals surface area contributed by atoms with E-state index in [0.717, 1.165) is 31.1 Å². The zero-order valence-electron chi connectivity index (χ0n) is 10.3. The van der Waals surface area contributed by atoms with Gasteiger partial charge in [-0.05, 0) is 33.5 Å². The van der Waals surface area contributed by atoms with Crippen LogP contribution in [-0.2, 0) is 11.3 Å². The molecule has 0 aliphatic rings. The Bertz CT molecular complexity index is 352. The molecular formula is C11H19N3O2S. The highest BCUT2D eigenvalue weighted by atomic mass is 32.2. The van der Waals surface area contributed by atoms with Crippen molar-refractivity contribution in [2.75, 3.05) is 26.4 Å². The molecule has 1 heterocycles. The van der Waals surface area contributed by atoms with Gasteiger partial charge in [-0.15, -0.1) is 0 Å². The molecule has 1 aromatic rings. The molecule has 1 N–H and O–H groups in total. The first-order valence-electron chi connectivity index (χ1n) is 5.60. The molecule has 0 unspecified atom stereocenters. The van der Waals surface area contributed by atoms with E-state index in [9.17, 15) is 4.79 Å². The minimum atomic E-state index is -0.808. The van der Waals surface area contributed by atoms with Gasteiger partial charge in [-0.2, -0.15) is 0 Å². The highest BCUT2D eigenvalue weighted by Gasteiger charge is 2.06. The van der Waals surface area contributed by atoms with Gasteiger partial charge in [-0.3, -0.25) is 4.79 Å². The quantitative estimate of drug-likeness (QED) is 0.563. The molecule has 5 nitrogen and oxygen atoms in total. The number of imidazole rings is 1. The first-order chi connectivity index (χ1) is 8.09. The summed E-state index contributed by atoms with van der Waals surface area (Å²) in [4.78, 5) is 16.8. The normalized spacial score (nSPS) is 11.0. The topological polar surface area (TPSA) is 58.4 Å². The van der Waals surface area contributed by atoms with Crippen LogP contribution >= 0.6 is 11.8 Å². The number of rotatable bonds is 8. The Morgan fingerprint density at radius 1 is 1.53 bits per heavy atom. The fraction of sp³-hybridized carbons (Fsp3) is 0.636. The van der Waals surface area contributed by atoms with E-state index in [1.54, 1.807) is 6.20 Å². The average molecular weight is 257 g/mol. The van der Waals surface area contributed by atoms with Crippen LogP contribution < -0.4 is 0 Å². The summed E-state index contributed by atoms with van der Waals surface area (Å²) in [7, 11) is 4.12. The summed E-state index contributed by atoms with van der Waals surface area (Å²) in [5.41, 5.74) is 0. The van der Waals surface area contributed by atoms with Gasteiger partial charge in [0.2, 0.25) is 0 Å². The lowest BCUT2D eigenvalue weighted by Gasteiger charge is -2.10. The minimum Gasteiger partial charge on any atom is -0.481 e. The number of carboxylic acid groups (broad SMARTS) is 1. The highest BCUT2D eigenvalue weighted by Crippen LogP contribution is 2.15. The molecule has 1 aromatic heterocycles. The Labute approximate surface area is 106 Å². The van der Waals surface area contributed by atoms with Crippen LogP contribution in [0.25, 0.3) is 0 Å². The lowest BCUT2D eigenvalue weighted by molar-refractivity contribution is -0.133. The van der Waals surface area contributed by atoms with Crippen LogP contribution in [0.3, 0.4) is 0 Å². The molecule has 0 saturated carbocycles. The predicted molar refractivity (Wildman–Crippen MR) is 68.4 cm³/mol. The number of hydrogen-bond acceptors (Lipinski definition) is 4. The maximum absolute atomic E-state index is 10.5. The van der Waals surface area contributed by atoms with Crippen molar-refractivity contribution in [2.24, 2.45) is 0 Å². The third-order valence-electron chi connectivity index (χ3n) is 2.26.